The van der Waals surface area contributed by atoms with E-state index in [4.69, 9.17) is 0 Å². The second-order valence-electron chi connectivity index (χ2n) is 6.55. The minimum atomic E-state index is -0.123. The molecule has 0 aliphatic carbocycles. The Kier molecular flexibility index (Phi) is 5.49. The van der Waals surface area contributed by atoms with Crippen LogP contribution in [0.4, 0.5) is 5.82 Å². The lowest BCUT2D eigenvalue weighted by molar-refractivity contribution is 0.0934. The van der Waals surface area contributed by atoms with Gasteiger partial charge in [0, 0.05) is 38.5 Å². The lowest BCUT2D eigenvalue weighted by Gasteiger charge is -2.17. The molecule has 0 aliphatic rings. The van der Waals surface area contributed by atoms with Gasteiger partial charge in [0.25, 0.3) is 5.91 Å². The summed E-state index contributed by atoms with van der Waals surface area (Å²) in [7, 11) is 5.71. The molecule has 27 heavy (non-hydrogen) atoms. The highest BCUT2D eigenvalue weighted by Crippen LogP contribution is 2.21. The molecule has 0 saturated heterocycles. The second kappa shape index (κ2) is 7.99. The quantitative estimate of drug-likeness (QED) is 0.728. The van der Waals surface area contributed by atoms with E-state index in [9.17, 15) is 4.79 Å². The normalized spacial score (nSPS) is 11.9. The number of aromatic nitrogens is 4. The number of nitrogens with one attached hydrogen (secondary N) is 1. The molecule has 0 fully saturated rings. The summed E-state index contributed by atoms with van der Waals surface area (Å²) in [5.74, 6) is 0.645. The number of benzene rings is 1. The van der Waals surface area contributed by atoms with Crippen molar-refractivity contribution in [2.75, 3.05) is 19.0 Å². The predicted octanol–water partition coefficient (Wildman–Crippen LogP) is 2.82. The molecule has 1 N–H and O–H groups in total. The molecule has 7 nitrogen and oxygen atoms in total. The SMILES string of the molecule is CCC(NC(=O)c1cccc(-c2cncc(N(C)C)n2)c1)c1ccnn1C. The maximum Gasteiger partial charge on any atom is 0.251 e. The first-order valence-corrected chi connectivity index (χ1v) is 8.88. The molecular weight excluding hydrogens is 340 g/mol. The van der Waals surface area contributed by atoms with Crippen molar-refractivity contribution in [1.29, 1.82) is 0 Å². The summed E-state index contributed by atoms with van der Waals surface area (Å²) in [6.45, 7) is 2.04. The first-order chi connectivity index (χ1) is 13.0. The third-order valence-electron chi connectivity index (χ3n) is 4.43. The predicted molar refractivity (Wildman–Crippen MR) is 106 cm³/mol. The Morgan fingerprint density at radius 1 is 1.26 bits per heavy atom. The number of carbonyl (C=O) groups excluding carboxylic acids is 1. The molecule has 1 aromatic carbocycles. The van der Waals surface area contributed by atoms with Crippen molar-refractivity contribution >= 4 is 11.7 Å². The molecule has 2 aromatic heterocycles. The molecule has 3 aromatic rings. The molecule has 1 amide bonds. The highest BCUT2D eigenvalue weighted by Gasteiger charge is 2.17. The van der Waals surface area contributed by atoms with Crippen molar-refractivity contribution < 1.29 is 4.79 Å². The van der Waals surface area contributed by atoms with Crippen molar-refractivity contribution in [1.82, 2.24) is 25.1 Å². The van der Waals surface area contributed by atoms with E-state index in [1.807, 2.05) is 57.2 Å². The lowest BCUT2D eigenvalue weighted by atomic mass is 10.1. The molecule has 0 bridgehead atoms. The molecule has 140 valence electrons. The first-order valence-electron chi connectivity index (χ1n) is 8.88. The third-order valence-corrected chi connectivity index (χ3v) is 4.43. The Labute approximate surface area is 159 Å². The summed E-state index contributed by atoms with van der Waals surface area (Å²) in [6, 6.07) is 9.27. The molecule has 3 rings (SSSR count). The van der Waals surface area contributed by atoms with Crippen LogP contribution < -0.4 is 10.2 Å². The average molecular weight is 364 g/mol. The minimum Gasteiger partial charge on any atom is -0.361 e. The third kappa shape index (κ3) is 4.13. The number of anilines is 1. The summed E-state index contributed by atoms with van der Waals surface area (Å²) in [4.78, 5) is 23.5. The second-order valence-corrected chi connectivity index (χ2v) is 6.55. The minimum absolute atomic E-state index is 0.0921. The summed E-state index contributed by atoms with van der Waals surface area (Å²) in [6.07, 6.45) is 5.93. The van der Waals surface area contributed by atoms with Crippen LogP contribution in [0.3, 0.4) is 0 Å². The summed E-state index contributed by atoms with van der Waals surface area (Å²) in [5.41, 5.74) is 3.15. The van der Waals surface area contributed by atoms with Gasteiger partial charge in [-0.25, -0.2) is 4.98 Å². The van der Waals surface area contributed by atoms with Crippen LogP contribution in [0.1, 0.15) is 35.4 Å². The number of carbonyl (C=O) groups is 1. The number of hydrogen-bond acceptors (Lipinski definition) is 5. The molecule has 0 spiro atoms. The van der Waals surface area contributed by atoms with Crippen molar-refractivity contribution in [2.24, 2.45) is 7.05 Å². The Morgan fingerprint density at radius 3 is 2.74 bits per heavy atom. The fourth-order valence-corrected chi connectivity index (χ4v) is 2.88. The van der Waals surface area contributed by atoms with E-state index in [-0.39, 0.29) is 11.9 Å². The van der Waals surface area contributed by atoms with Crippen LogP contribution in [0.15, 0.2) is 48.9 Å². The van der Waals surface area contributed by atoms with E-state index < -0.39 is 0 Å². The van der Waals surface area contributed by atoms with Crippen molar-refractivity contribution in [2.45, 2.75) is 19.4 Å². The fraction of sp³-hybridized carbons (Fsp3) is 0.300. The maximum absolute atomic E-state index is 12.8. The van der Waals surface area contributed by atoms with E-state index >= 15 is 0 Å². The van der Waals surface area contributed by atoms with Gasteiger partial charge in [0.05, 0.1) is 29.8 Å². The van der Waals surface area contributed by atoms with Gasteiger partial charge in [0.15, 0.2) is 0 Å². The number of rotatable bonds is 6. The van der Waals surface area contributed by atoms with Gasteiger partial charge in [-0.15, -0.1) is 0 Å². The highest BCUT2D eigenvalue weighted by molar-refractivity contribution is 5.95. The number of hydrogen-bond donors (Lipinski definition) is 1. The molecular formula is C20H24N6O. The zero-order valence-corrected chi connectivity index (χ0v) is 16.0. The fourth-order valence-electron chi connectivity index (χ4n) is 2.88. The summed E-state index contributed by atoms with van der Waals surface area (Å²) in [5, 5.41) is 7.28. The number of nitrogens with zero attached hydrogens (tertiary/aromatic N) is 5. The van der Waals surface area contributed by atoms with Gasteiger partial charge in [-0.1, -0.05) is 19.1 Å². The topological polar surface area (TPSA) is 75.9 Å². The zero-order chi connectivity index (χ0) is 19.4. The van der Waals surface area contributed by atoms with Crippen molar-refractivity contribution in [3.63, 3.8) is 0 Å². The lowest BCUT2D eigenvalue weighted by Crippen LogP contribution is -2.29. The average Bonchev–Trinajstić information content (AvgIpc) is 3.12. The van der Waals surface area contributed by atoms with E-state index in [0.717, 1.165) is 29.2 Å². The van der Waals surface area contributed by atoms with Crippen LogP contribution in [-0.2, 0) is 7.05 Å². The van der Waals surface area contributed by atoms with Gasteiger partial charge >= 0.3 is 0 Å². The summed E-state index contributed by atoms with van der Waals surface area (Å²) < 4.78 is 1.78. The Bertz CT molecular complexity index is 933. The van der Waals surface area contributed by atoms with Crippen molar-refractivity contribution in [3.8, 4) is 11.3 Å². The molecule has 7 heteroatoms. The van der Waals surface area contributed by atoms with Crippen LogP contribution in [0.2, 0.25) is 0 Å². The van der Waals surface area contributed by atoms with Crippen LogP contribution in [-0.4, -0.2) is 39.8 Å². The van der Waals surface area contributed by atoms with Gasteiger partial charge in [0.1, 0.15) is 5.82 Å². The maximum atomic E-state index is 12.8. The zero-order valence-electron chi connectivity index (χ0n) is 16.0. The Balaban J connectivity index is 1.83. The van der Waals surface area contributed by atoms with Gasteiger partial charge in [-0.05, 0) is 24.6 Å². The van der Waals surface area contributed by atoms with Crippen LogP contribution >= 0.6 is 0 Å². The molecule has 0 radical (unpaired) electrons. The monoisotopic (exact) mass is 364 g/mol. The van der Waals surface area contributed by atoms with Crippen molar-refractivity contribution in [3.05, 3.63) is 60.2 Å². The van der Waals surface area contributed by atoms with Gasteiger partial charge in [0.2, 0.25) is 0 Å². The van der Waals surface area contributed by atoms with Crippen LogP contribution in [0, 0.1) is 0 Å². The summed E-state index contributed by atoms with van der Waals surface area (Å²) >= 11 is 0. The smallest absolute Gasteiger partial charge is 0.251 e. The molecule has 1 unspecified atom stereocenters. The molecule has 0 saturated carbocycles. The standard InChI is InChI=1S/C20H24N6O/c1-5-16(18-9-10-22-26(18)4)24-20(27)15-8-6-7-14(11-15)17-12-21-13-19(23-17)25(2)3/h6-13,16H,5H2,1-4H3,(H,24,27). The largest absolute Gasteiger partial charge is 0.361 e. The van der Waals surface area contributed by atoms with Gasteiger partial charge in [-0.3, -0.25) is 14.5 Å². The Hall–Kier alpha value is -3.22. The number of aryl methyl sites for hydroxylation is 1. The van der Waals surface area contributed by atoms with Gasteiger partial charge < -0.3 is 10.2 Å². The molecule has 1 atom stereocenters. The van der Waals surface area contributed by atoms with E-state index in [1.165, 1.54) is 0 Å². The Morgan fingerprint density at radius 2 is 2.07 bits per heavy atom. The first kappa shape index (κ1) is 18.6. The molecule has 0 aliphatic heterocycles. The molecule has 2 heterocycles. The van der Waals surface area contributed by atoms with E-state index in [0.29, 0.717) is 5.56 Å². The highest BCUT2D eigenvalue weighted by atomic mass is 16.1. The van der Waals surface area contributed by atoms with E-state index in [2.05, 4.69) is 20.4 Å². The van der Waals surface area contributed by atoms with Crippen LogP contribution in [0.5, 0.6) is 0 Å². The van der Waals surface area contributed by atoms with E-state index in [1.54, 1.807) is 29.3 Å². The van der Waals surface area contributed by atoms with Gasteiger partial charge in [-0.2, -0.15) is 5.10 Å². The number of amides is 1. The van der Waals surface area contributed by atoms with Crippen LogP contribution in [0.25, 0.3) is 11.3 Å².